The predicted molar refractivity (Wildman–Crippen MR) is 103 cm³/mol. The van der Waals surface area contributed by atoms with E-state index < -0.39 is 11.9 Å². The molecular formula is C22H21NO4. The fourth-order valence-corrected chi connectivity index (χ4v) is 2.64. The van der Waals surface area contributed by atoms with E-state index in [0.29, 0.717) is 11.3 Å². The van der Waals surface area contributed by atoms with Gasteiger partial charge in [0.25, 0.3) is 0 Å². The molecule has 1 heterocycles. The lowest BCUT2D eigenvalue weighted by molar-refractivity contribution is -0.132. The zero-order valence-corrected chi connectivity index (χ0v) is 15.8. The highest BCUT2D eigenvalue weighted by Crippen LogP contribution is 2.25. The largest absolute Gasteiger partial charge is 0.427 e. The van der Waals surface area contributed by atoms with Gasteiger partial charge in [-0.25, -0.2) is 9.79 Å². The van der Waals surface area contributed by atoms with Gasteiger partial charge in [-0.3, -0.25) is 4.79 Å². The molecule has 5 heteroatoms. The van der Waals surface area contributed by atoms with Crippen LogP contribution < -0.4 is 4.74 Å². The molecule has 3 rings (SSSR count). The molecule has 5 nitrogen and oxygen atoms in total. The number of benzene rings is 2. The monoisotopic (exact) mass is 363 g/mol. The average molecular weight is 363 g/mol. The van der Waals surface area contributed by atoms with E-state index in [4.69, 9.17) is 9.47 Å². The van der Waals surface area contributed by atoms with Crippen molar-refractivity contribution in [2.45, 2.75) is 33.1 Å². The summed E-state index contributed by atoms with van der Waals surface area (Å²) in [5, 5.41) is 0. The zero-order chi connectivity index (χ0) is 19.6. The van der Waals surface area contributed by atoms with Crippen LogP contribution in [0.15, 0.2) is 59.2 Å². The number of nitrogens with zero attached hydrogens (tertiary/aromatic N) is 1. The molecule has 0 fully saturated rings. The molecule has 0 saturated carbocycles. The maximum absolute atomic E-state index is 12.2. The van der Waals surface area contributed by atoms with Crippen molar-refractivity contribution < 1.29 is 19.1 Å². The molecule has 0 unspecified atom stereocenters. The van der Waals surface area contributed by atoms with Crippen LogP contribution in [-0.4, -0.2) is 17.8 Å². The summed E-state index contributed by atoms with van der Waals surface area (Å²) in [5.74, 6) is -0.227. The van der Waals surface area contributed by atoms with E-state index in [1.165, 1.54) is 12.5 Å². The van der Waals surface area contributed by atoms with Crippen molar-refractivity contribution in [3.8, 4) is 5.75 Å². The van der Waals surface area contributed by atoms with Crippen LogP contribution >= 0.6 is 0 Å². The van der Waals surface area contributed by atoms with Crippen LogP contribution in [-0.2, 0) is 19.7 Å². The molecule has 138 valence electrons. The van der Waals surface area contributed by atoms with Crippen LogP contribution in [0.1, 0.15) is 44.4 Å². The number of hydrogen-bond donors (Lipinski definition) is 0. The minimum Gasteiger partial charge on any atom is -0.427 e. The third kappa shape index (κ3) is 4.50. The standard InChI is InChI=1S/C22H21NO4/c1-14(24)26-18-7-5-6-15(12-18)13-19-21(25)27-20(23-19)16-8-10-17(11-9-16)22(2,3)4/h5-13H,1-4H3/b19-13-. The Labute approximate surface area is 158 Å². The molecule has 1 aliphatic rings. The first-order valence-electron chi connectivity index (χ1n) is 8.64. The molecule has 0 aliphatic carbocycles. The molecule has 0 bridgehead atoms. The van der Waals surface area contributed by atoms with Crippen LogP contribution in [0.3, 0.4) is 0 Å². The lowest BCUT2D eigenvalue weighted by Gasteiger charge is -2.18. The Morgan fingerprint density at radius 1 is 1.11 bits per heavy atom. The quantitative estimate of drug-likeness (QED) is 0.464. The second kappa shape index (κ2) is 7.19. The molecule has 0 saturated heterocycles. The van der Waals surface area contributed by atoms with Gasteiger partial charge in [-0.15, -0.1) is 0 Å². The lowest BCUT2D eigenvalue weighted by atomic mass is 9.87. The third-order valence-electron chi connectivity index (χ3n) is 4.04. The highest BCUT2D eigenvalue weighted by atomic mass is 16.6. The predicted octanol–water partition coefficient (Wildman–Crippen LogP) is 4.25. The number of esters is 2. The first-order valence-corrected chi connectivity index (χ1v) is 8.64. The van der Waals surface area contributed by atoms with E-state index in [0.717, 1.165) is 5.56 Å². The SMILES string of the molecule is CC(=O)Oc1cccc(/C=C2\N=C(c3ccc(C(C)(C)C)cc3)OC2=O)c1. The van der Waals surface area contributed by atoms with E-state index in [1.54, 1.807) is 30.3 Å². The summed E-state index contributed by atoms with van der Waals surface area (Å²) < 4.78 is 10.4. The van der Waals surface area contributed by atoms with E-state index in [-0.39, 0.29) is 17.0 Å². The molecule has 0 amide bonds. The number of aliphatic imine (C=N–C) groups is 1. The fraction of sp³-hybridized carbons (Fsp3) is 0.227. The van der Waals surface area contributed by atoms with Gasteiger partial charge >= 0.3 is 11.9 Å². The Morgan fingerprint density at radius 3 is 2.44 bits per heavy atom. The van der Waals surface area contributed by atoms with Gasteiger partial charge in [-0.2, -0.15) is 0 Å². The number of rotatable bonds is 3. The Morgan fingerprint density at radius 2 is 1.81 bits per heavy atom. The molecular weight excluding hydrogens is 342 g/mol. The fourth-order valence-electron chi connectivity index (χ4n) is 2.64. The van der Waals surface area contributed by atoms with Gasteiger partial charge < -0.3 is 9.47 Å². The van der Waals surface area contributed by atoms with Crippen molar-refractivity contribution in [2.75, 3.05) is 0 Å². The zero-order valence-electron chi connectivity index (χ0n) is 15.8. The second-order valence-corrected chi connectivity index (χ2v) is 7.33. The molecule has 2 aromatic rings. The molecule has 0 N–H and O–H groups in total. The Kier molecular flexibility index (Phi) is 4.95. The third-order valence-corrected chi connectivity index (χ3v) is 4.04. The normalized spacial score (nSPS) is 15.5. The first kappa shape index (κ1) is 18.6. The smallest absolute Gasteiger partial charge is 0.363 e. The van der Waals surface area contributed by atoms with Crippen molar-refractivity contribution in [3.05, 3.63) is 70.9 Å². The van der Waals surface area contributed by atoms with Gasteiger partial charge in [0, 0.05) is 12.5 Å². The number of cyclic esters (lactones) is 1. The van der Waals surface area contributed by atoms with E-state index in [9.17, 15) is 9.59 Å². The topological polar surface area (TPSA) is 65.0 Å². The maximum atomic E-state index is 12.2. The van der Waals surface area contributed by atoms with Crippen LogP contribution in [0.4, 0.5) is 0 Å². The number of carbonyl (C=O) groups excluding carboxylic acids is 2. The van der Waals surface area contributed by atoms with Gasteiger partial charge in [0.1, 0.15) is 5.75 Å². The number of ether oxygens (including phenoxy) is 2. The van der Waals surface area contributed by atoms with Crippen LogP contribution in [0.5, 0.6) is 5.75 Å². The molecule has 1 aliphatic heterocycles. The molecule has 0 aromatic heterocycles. The van der Waals surface area contributed by atoms with Crippen molar-refractivity contribution in [1.29, 1.82) is 0 Å². The molecule has 0 radical (unpaired) electrons. The Balaban J connectivity index is 1.86. The van der Waals surface area contributed by atoms with Crippen molar-refractivity contribution in [2.24, 2.45) is 4.99 Å². The van der Waals surface area contributed by atoms with Gasteiger partial charge in [-0.1, -0.05) is 45.0 Å². The van der Waals surface area contributed by atoms with Crippen LogP contribution in [0.25, 0.3) is 6.08 Å². The van der Waals surface area contributed by atoms with Crippen molar-refractivity contribution >= 4 is 23.9 Å². The van der Waals surface area contributed by atoms with Gasteiger partial charge in [0.05, 0.1) is 0 Å². The molecule has 27 heavy (non-hydrogen) atoms. The van der Waals surface area contributed by atoms with E-state index in [2.05, 4.69) is 25.8 Å². The second-order valence-electron chi connectivity index (χ2n) is 7.33. The molecule has 0 atom stereocenters. The molecule has 0 spiro atoms. The number of carbonyl (C=O) groups is 2. The summed E-state index contributed by atoms with van der Waals surface area (Å²) in [7, 11) is 0. The summed E-state index contributed by atoms with van der Waals surface area (Å²) in [6.45, 7) is 7.75. The van der Waals surface area contributed by atoms with Crippen LogP contribution in [0.2, 0.25) is 0 Å². The highest BCUT2D eigenvalue weighted by Gasteiger charge is 2.24. The average Bonchev–Trinajstić information content (AvgIpc) is 2.95. The van der Waals surface area contributed by atoms with E-state index in [1.807, 2.05) is 24.3 Å². The van der Waals surface area contributed by atoms with Gasteiger partial charge in [-0.05, 0) is 46.9 Å². The summed E-state index contributed by atoms with van der Waals surface area (Å²) in [6, 6.07) is 14.7. The highest BCUT2D eigenvalue weighted by molar-refractivity contribution is 6.12. The first-order chi connectivity index (χ1) is 12.7. The van der Waals surface area contributed by atoms with Crippen LogP contribution in [0, 0.1) is 0 Å². The van der Waals surface area contributed by atoms with Gasteiger partial charge in [0.15, 0.2) is 5.70 Å². The number of hydrogen-bond acceptors (Lipinski definition) is 5. The van der Waals surface area contributed by atoms with Crippen molar-refractivity contribution in [1.82, 2.24) is 0 Å². The minimum absolute atomic E-state index is 0.0463. The summed E-state index contributed by atoms with van der Waals surface area (Å²) >= 11 is 0. The Hall–Kier alpha value is -3.21. The van der Waals surface area contributed by atoms with Crippen molar-refractivity contribution in [3.63, 3.8) is 0 Å². The Bertz CT molecular complexity index is 947. The minimum atomic E-state index is -0.511. The van der Waals surface area contributed by atoms with Gasteiger partial charge in [0.2, 0.25) is 5.90 Å². The summed E-state index contributed by atoms with van der Waals surface area (Å²) in [4.78, 5) is 27.5. The lowest BCUT2D eigenvalue weighted by Crippen LogP contribution is -2.11. The molecule has 2 aromatic carbocycles. The maximum Gasteiger partial charge on any atom is 0.363 e. The summed E-state index contributed by atoms with van der Waals surface area (Å²) in [5.41, 5.74) is 2.87. The van der Waals surface area contributed by atoms with E-state index >= 15 is 0 Å². The summed E-state index contributed by atoms with van der Waals surface area (Å²) in [6.07, 6.45) is 1.60.